The summed E-state index contributed by atoms with van der Waals surface area (Å²) in [6.07, 6.45) is 0. The lowest BCUT2D eigenvalue weighted by Gasteiger charge is -1.99. The summed E-state index contributed by atoms with van der Waals surface area (Å²) in [5.74, 6) is 1.06. The monoisotopic (exact) mass is 336 g/mol. The Morgan fingerprint density at radius 3 is 2.90 bits per heavy atom. The first-order valence-corrected chi connectivity index (χ1v) is 9.01. The summed E-state index contributed by atoms with van der Waals surface area (Å²) in [6, 6.07) is 8.06. The molecule has 2 heterocycles. The highest BCUT2D eigenvalue weighted by atomic mass is 32.2. The van der Waals surface area contributed by atoms with Crippen molar-refractivity contribution in [2.24, 2.45) is 0 Å². The number of fused-ring (bicyclic) bond motifs is 1. The Morgan fingerprint density at radius 2 is 2.14 bits per heavy atom. The number of amides is 1. The minimum atomic E-state index is -0.0581. The minimum absolute atomic E-state index is 0.0581. The van der Waals surface area contributed by atoms with Crippen molar-refractivity contribution >= 4 is 55.7 Å². The molecule has 108 valence electrons. The van der Waals surface area contributed by atoms with E-state index in [1.54, 1.807) is 23.1 Å². The zero-order chi connectivity index (χ0) is 14.7. The molecule has 8 heteroatoms. The van der Waals surface area contributed by atoms with Crippen LogP contribution in [0.5, 0.6) is 0 Å². The number of nitrogens with zero attached hydrogens (tertiary/aromatic N) is 3. The second-order valence-corrected chi connectivity index (χ2v) is 7.52. The van der Waals surface area contributed by atoms with E-state index in [1.807, 2.05) is 25.1 Å². The van der Waals surface area contributed by atoms with E-state index in [4.69, 9.17) is 0 Å². The SMILES string of the molecule is Cc1nnc(NC(=O)CSCc2nc3ccccc3s2)s1. The van der Waals surface area contributed by atoms with Crippen LogP contribution in [0.2, 0.25) is 0 Å². The molecule has 0 aliphatic heterocycles. The molecule has 5 nitrogen and oxygen atoms in total. The number of aromatic nitrogens is 3. The Morgan fingerprint density at radius 1 is 1.29 bits per heavy atom. The quantitative estimate of drug-likeness (QED) is 0.774. The summed E-state index contributed by atoms with van der Waals surface area (Å²) < 4.78 is 1.18. The van der Waals surface area contributed by atoms with Gasteiger partial charge in [-0.2, -0.15) is 0 Å². The van der Waals surface area contributed by atoms with E-state index in [9.17, 15) is 4.79 Å². The molecule has 0 saturated carbocycles. The smallest absolute Gasteiger partial charge is 0.236 e. The Bertz CT molecular complexity index is 734. The highest BCUT2D eigenvalue weighted by molar-refractivity contribution is 7.99. The second-order valence-electron chi connectivity index (χ2n) is 4.24. The average molecular weight is 336 g/mol. The molecule has 0 aliphatic carbocycles. The maximum atomic E-state index is 11.8. The van der Waals surface area contributed by atoms with E-state index in [1.165, 1.54) is 16.0 Å². The van der Waals surface area contributed by atoms with Crippen LogP contribution in [-0.2, 0) is 10.5 Å². The second kappa shape index (κ2) is 6.50. The van der Waals surface area contributed by atoms with Crippen LogP contribution in [-0.4, -0.2) is 26.8 Å². The van der Waals surface area contributed by atoms with Gasteiger partial charge in [0, 0.05) is 5.75 Å². The van der Waals surface area contributed by atoms with E-state index >= 15 is 0 Å². The molecule has 1 amide bonds. The number of carbonyl (C=O) groups excluding carboxylic acids is 1. The van der Waals surface area contributed by atoms with Gasteiger partial charge in [-0.05, 0) is 19.1 Å². The zero-order valence-corrected chi connectivity index (χ0v) is 13.6. The Labute approximate surface area is 133 Å². The van der Waals surface area contributed by atoms with Gasteiger partial charge >= 0.3 is 0 Å². The summed E-state index contributed by atoms with van der Waals surface area (Å²) in [6.45, 7) is 1.86. The van der Waals surface area contributed by atoms with Crippen molar-refractivity contribution in [2.75, 3.05) is 11.1 Å². The fourth-order valence-corrected chi connectivity index (χ4v) is 4.17. The maximum Gasteiger partial charge on any atom is 0.236 e. The van der Waals surface area contributed by atoms with Crippen LogP contribution in [0.3, 0.4) is 0 Å². The number of nitrogens with one attached hydrogen (secondary N) is 1. The number of benzene rings is 1. The first kappa shape index (κ1) is 14.4. The van der Waals surface area contributed by atoms with Crippen LogP contribution < -0.4 is 5.32 Å². The van der Waals surface area contributed by atoms with Crippen LogP contribution in [0, 0.1) is 6.92 Å². The number of hydrogen-bond donors (Lipinski definition) is 1. The number of para-hydroxylation sites is 1. The van der Waals surface area contributed by atoms with Crippen molar-refractivity contribution in [3.63, 3.8) is 0 Å². The molecule has 0 unspecified atom stereocenters. The van der Waals surface area contributed by atoms with Gasteiger partial charge < -0.3 is 0 Å². The van der Waals surface area contributed by atoms with Gasteiger partial charge in [0.1, 0.15) is 10.0 Å². The topological polar surface area (TPSA) is 67.8 Å². The van der Waals surface area contributed by atoms with Gasteiger partial charge in [-0.15, -0.1) is 33.3 Å². The van der Waals surface area contributed by atoms with Crippen LogP contribution in [0.15, 0.2) is 24.3 Å². The molecule has 0 saturated heterocycles. The third kappa shape index (κ3) is 3.78. The number of hydrogen-bond acceptors (Lipinski definition) is 7. The van der Waals surface area contributed by atoms with Crippen LogP contribution in [0.1, 0.15) is 10.0 Å². The van der Waals surface area contributed by atoms with Crippen molar-refractivity contribution in [3.8, 4) is 0 Å². The molecule has 0 fully saturated rings. The standard InChI is InChI=1S/C13H12N4OS3/c1-8-16-17-13(20-8)15-11(18)6-19-7-12-14-9-4-2-3-5-10(9)21-12/h2-5H,6-7H2,1H3,(H,15,17,18). The Kier molecular flexibility index (Phi) is 4.47. The van der Waals surface area contributed by atoms with Crippen molar-refractivity contribution in [3.05, 3.63) is 34.3 Å². The molecule has 0 bridgehead atoms. The number of anilines is 1. The average Bonchev–Trinajstić information content (AvgIpc) is 3.04. The van der Waals surface area contributed by atoms with Gasteiger partial charge in [0.2, 0.25) is 11.0 Å². The lowest BCUT2D eigenvalue weighted by Crippen LogP contribution is -2.13. The van der Waals surface area contributed by atoms with Gasteiger partial charge in [-0.3, -0.25) is 10.1 Å². The molecule has 0 spiro atoms. The summed E-state index contributed by atoms with van der Waals surface area (Å²) in [5.41, 5.74) is 1.02. The molecular weight excluding hydrogens is 324 g/mol. The third-order valence-corrected chi connectivity index (χ3v) is 5.49. The lowest BCUT2D eigenvalue weighted by molar-refractivity contribution is -0.113. The maximum absolute atomic E-state index is 11.8. The van der Waals surface area contributed by atoms with E-state index in [2.05, 4.69) is 26.6 Å². The number of thiazole rings is 1. The summed E-state index contributed by atoms with van der Waals surface area (Å²) in [7, 11) is 0. The van der Waals surface area contributed by atoms with Gasteiger partial charge in [-0.25, -0.2) is 4.98 Å². The molecule has 0 radical (unpaired) electrons. The van der Waals surface area contributed by atoms with Crippen molar-refractivity contribution in [1.29, 1.82) is 0 Å². The molecule has 3 aromatic rings. The summed E-state index contributed by atoms with van der Waals surface area (Å²) >= 11 is 4.60. The zero-order valence-electron chi connectivity index (χ0n) is 11.2. The van der Waals surface area contributed by atoms with Gasteiger partial charge in [0.25, 0.3) is 0 Å². The van der Waals surface area contributed by atoms with Gasteiger partial charge in [-0.1, -0.05) is 23.5 Å². The first-order valence-electron chi connectivity index (χ1n) is 6.23. The van der Waals surface area contributed by atoms with Crippen molar-refractivity contribution in [1.82, 2.24) is 15.2 Å². The lowest BCUT2D eigenvalue weighted by atomic mass is 10.3. The fraction of sp³-hybridized carbons (Fsp3) is 0.231. The van der Waals surface area contributed by atoms with E-state index in [0.29, 0.717) is 10.9 Å². The Hall–Kier alpha value is -1.51. The predicted molar refractivity (Wildman–Crippen MR) is 89.1 cm³/mol. The largest absolute Gasteiger partial charge is 0.300 e. The number of thioether (sulfide) groups is 1. The van der Waals surface area contributed by atoms with Gasteiger partial charge in [0.15, 0.2) is 0 Å². The van der Waals surface area contributed by atoms with Crippen LogP contribution in [0.4, 0.5) is 5.13 Å². The third-order valence-electron chi connectivity index (χ3n) is 2.57. The van der Waals surface area contributed by atoms with Crippen LogP contribution in [0.25, 0.3) is 10.2 Å². The Balaban J connectivity index is 1.50. The van der Waals surface area contributed by atoms with Crippen LogP contribution >= 0.6 is 34.4 Å². The first-order chi connectivity index (χ1) is 10.2. The molecule has 2 aromatic heterocycles. The summed E-state index contributed by atoms with van der Waals surface area (Å²) in [5, 5.41) is 12.9. The molecule has 1 N–H and O–H groups in total. The molecule has 0 aliphatic rings. The van der Waals surface area contributed by atoms with Crippen molar-refractivity contribution < 1.29 is 4.79 Å². The highest BCUT2D eigenvalue weighted by Crippen LogP contribution is 2.24. The summed E-state index contributed by atoms with van der Waals surface area (Å²) in [4.78, 5) is 16.3. The van der Waals surface area contributed by atoms with E-state index in [0.717, 1.165) is 21.3 Å². The van der Waals surface area contributed by atoms with Crippen molar-refractivity contribution in [2.45, 2.75) is 12.7 Å². The van der Waals surface area contributed by atoms with E-state index < -0.39 is 0 Å². The fourth-order valence-electron chi connectivity index (χ4n) is 1.72. The van der Waals surface area contributed by atoms with Gasteiger partial charge in [0.05, 0.1) is 16.0 Å². The predicted octanol–water partition coefficient (Wildman–Crippen LogP) is 3.33. The van der Waals surface area contributed by atoms with E-state index in [-0.39, 0.29) is 5.91 Å². The highest BCUT2D eigenvalue weighted by Gasteiger charge is 2.08. The normalized spacial score (nSPS) is 10.9. The molecule has 1 aromatic carbocycles. The molecule has 21 heavy (non-hydrogen) atoms. The molecule has 3 rings (SSSR count). The number of rotatable bonds is 5. The molecular formula is C13H12N4OS3. The molecule has 0 atom stereocenters. The minimum Gasteiger partial charge on any atom is -0.300 e. The number of aryl methyl sites for hydroxylation is 1. The number of carbonyl (C=O) groups is 1.